The Morgan fingerprint density at radius 2 is 2.37 bits per heavy atom. The van der Waals surface area contributed by atoms with Crippen LogP contribution in [0.3, 0.4) is 0 Å². The van der Waals surface area contributed by atoms with Gasteiger partial charge in [-0.3, -0.25) is 4.40 Å². The third-order valence-electron chi connectivity index (χ3n) is 2.80. The fourth-order valence-corrected chi connectivity index (χ4v) is 2.84. The van der Waals surface area contributed by atoms with Gasteiger partial charge in [-0.2, -0.15) is 4.98 Å². The number of anilines is 1. The number of ether oxygens (including phenoxy) is 1. The number of thiazole rings is 1. The molecule has 2 heterocycles. The quantitative estimate of drug-likeness (QED) is 0.797. The van der Waals surface area contributed by atoms with E-state index >= 15 is 0 Å². The average Bonchev–Trinajstić information content (AvgIpc) is 2.96. The number of hydrogen-bond donors (Lipinski definition) is 1. The second kappa shape index (κ2) is 5.11. The van der Waals surface area contributed by atoms with E-state index in [0.717, 1.165) is 16.3 Å². The van der Waals surface area contributed by atoms with E-state index in [2.05, 4.69) is 10.3 Å². The minimum absolute atomic E-state index is 0.626. The second-order valence-electron chi connectivity index (χ2n) is 3.99. The van der Waals surface area contributed by atoms with Crippen molar-refractivity contribution >= 4 is 33.6 Å². The zero-order chi connectivity index (χ0) is 13.2. The number of imidazole rings is 1. The van der Waals surface area contributed by atoms with E-state index < -0.39 is 0 Å². The molecule has 0 aliphatic carbocycles. The van der Waals surface area contributed by atoms with Crippen molar-refractivity contribution in [2.24, 2.45) is 0 Å². The van der Waals surface area contributed by atoms with Crippen LogP contribution in [0.5, 0.6) is 5.88 Å². The molecule has 4 nitrogen and oxygen atoms in total. The van der Waals surface area contributed by atoms with Crippen LogP contribution in [-0.2, 0) is 6.54 Å². The molecular weight excluding hydrogens is 282 g/mol. The van der Waals surface area contributed by atoms with Crippen LogP contribution in [0.2, 0.25) is 5.02 Å². The predicted octanol–water partition coefficient (Wildman–Crippen LogP) is 3.67. The highest BCUT2D eigenvalue weighted by atomic mass is 35.5. The lowest BCUT2D eigenvalue weighted by Crippen LogP contribution is -2.03. The molecule has 0 bridgehead atoms. The van der Waals surface area contributed by atoms with Crippen molar-refractivity contribution in [3.63, 3.8) is 0 Å². The number of aromatic nitrogens is 2. The van der Waals surface area contributed by atoms with Crippen LogP contribution in [0.1, 0.15) is 5.69 Å². The highest BCUT2D eigenvalue weighted by molar-refractivity contribution is 7.15. The summed E-state index contributed by atoms with van der Waals surface area (Å²) in [4.78, 5) is 5.34. The van der Waals surface area contributed by atoms with Crippen LogP contribution in [0, 0.1) is 0 Å². The maximum atomic E-state index is 5.96. The maximum Gasteiger partial charge on any atom is 0.238 e. The minimum atomic E-state index is 0.626. The molecule has 0 saturated carbocycles. The molecule has 0 spiro atoms. The van der Waals surface area contributed by atoms with Gasteiger partial charge in [0.25, 0.3) is 0 Å². The van der Waals surface area contributed by atoms with E-state index in [-0.39, 0.29) is 0 Å². The van der Waals surface area contributed by atoms with E-state index in [1.807, 2.05) is 40.2 Å². The predicted molar refractivity (Wildman–Crippen MR) is 78.4 cm³/mol. The number of methoxy groups -OCH3 is 1. The molecule has 0 aliphatic rings. The number of nitrogens with zero attached hydrogens (tertiary/aromatic N) is 2. The Balaban J connectivity index is 1.86. The summed E-state index contributed by atoms with van der Waals surface area (Å²) in [7, 11) is 1.63. The number of halogens is 1. The standard InChI is InChI=1S/C13H12ClN3OS/c1-18-12-11(17-5-6-19-13(17)16-12)8-15-10-4-2-3-9(14)7-10/h2-7,15H,8H2,1H3. The number of fused-ring (bicyclic) bond motifs is 1. The number of hydrogen-bond acceptors (Lipinski definition) is 4. The summed E-state index contributed by atoms with van der Waals surface area (Å²) < 4.78 is 7.34. The summed E-state index contributed by atoms with van der Waals surface area (Å²) in [5.41, 5.74) is 1.97. The molecule has 2 aromatic heterocycles. The summed E-state index contributed by atoms with van der Waals surface area (Å²) in [5, 5.41) is 6.04. The monoisotopic (exact) mass is 293 g/mol. The Hall–Kier alpha value is -1.72. The molecule has 19 heavy (non-hydrogen) atoms. The van der Waals surface area contributed by atoms with Crippen LogP contribution in [0.4, 0.5) is 5.69 Å². The first-order chi connectivity index (χ1) is 9.28. The highest BCUT2D eigenvalue weighted by Crippen LogP contribution is 2.24. The summed E-state index contributed by atoms with van der Waals surface area (Å²) >= 11 is 7.55. The molecular formula is C13H12ClN3OS. The Morgan fingerprint density at radius 1 is 1.47 bits per heavy atom. The molecule has 0 fully saturated rings. The smallest absolute Gasteiger partial charge is 0.238 e. The third kappa shape index (κ3) is 2.39. The van der Waals surface area contributed by atoms with Crippen molar-refractivity contribution in [1.82, 2.24) is 9.38 Å². The summed E-state index contributed by atoms with van der Waals surface area (Å²) in [6.45, 7) is 0.626. The van der Waals surface area contributed by atoms with Gasteiger partial charge in [-0.25, -0.2) is 0 Å². The van der Waals surface area contributed by atoms with Gasteiger partial charge < -0.3 is 10.1 Å². The molecule has 0 unspecified atom stereocenters. The Labute approximate surface area is 119 Å². The Morgan fingerprint density at radius 3 is 3.16 bits per heavy atom. The van der Waals surface area contributed by atoms with Gasteiger partial charge in [0, 0.05) is 22.3 Å². The lowest BCUT2D eigenvalue weighted by molar-refractivity contribution is 0.395. The van der Waals surface area contributed by atoms with Gasteiger partial charge in [-0.15, -0.1) is 11.3 Å². The Bertz CT molecular complexity index is 707. The molecule has 1 aromatic carbocycles. The number of nitrogens with one attached hydrogen (secondary N) is 1. The molecule has 6 heteroatoms. The molecule has 0 saturated heterocycles. The first kappa shape index (κ1) is 12.3. The van der Waals surface area contributed by atoms with Crippen LogP contribution in [0.25, 0.3) is 4.96 Å². The first-order valence-corrected chi connectivity index (χ1v) is 7.01. The van der Waals surface area contributed by atoms with E-state index in [4.69, 9.17) is 16.3 Å². The van der Waals surface area contributed by atoms with Gasteiger partial charge in [-0.05, 0) is 18.2 Å². The van der Waals surface area contributed by atoms with E-state index in [9.17, 15) is 0 Å². The lowest BCUT2D eigenvalue weighted by atomic mass is 10.3. The van der Waals surface area contributed by atoms with Crippen molar-refractivity contribution < 1.29 is 4.74 Å². The maximum absolute atomic E-state index is 5.96. The fourth-order valence-electron chi connectivity index (χ4n) is 1.92. The van der Waals surface area contributed by atoms with Crippen molar-refractivity contribution in [3.8, 4) is 5.88 Å². The summed E-state index contributed by atoms with van der Waals surface area (Å²) in [6, 6.07) is 7.63. The minimum Gasteiger partial charge on any atom is -0.480 e. The third-order valence-corrected chi connectivity index (χ3v) is 3.79. The van der Waals surface area contributed by atoms with E-state index in [1.54, 1.807) is 18.4 Å². The van der Waals surface area contributed by atoms with E-state index in [1.165, 1.54) is 0 Å². The molecule has 0 amide bonds. The number of rotatable bonds is 4. The molecule has 3 rings (SSSR count). The van der Waals surface area contributed by atoms with E-state index in [0.29, 0.717) is 17.4 Å². The second-order valence-corrected chi connectivity index (χ2v) is 5.30. The Kier molecular flexibility index (Phi) is 3.31. The van der Waals surface area contributed by atoms with Gasteiger partial charge in [0.05, 0.1) is 13.7 Å². The van der Waals surface area contributed by atoms with Crippen LogP contribution in [-0.4, -0.2) is 16.5 Å². The zero-order valence-electron chi connectivity index (χ0n) is 10.3. The SMILES string of the molecule is COc1nc2sccn2c1CNc1cccc(Cl)c1. The normalized spacial score (nSPS) is 10.8. The zero-order valence-corrected chi connectivity index (χ0v) is 11.8. The van der Waals surface area contributed by atoms with Gasteiger partial charge in [-0.1, -0.05) is 17.7 Å². The van der Waals surface area contributed by atoms with Gasteiger partial charge in [0.1, 0.15) is 5.69 Å². The van der Waals surface area contributed by atoms with Crippen molar-refractivity contribution in [2.75, 3.05) is 12.4 Å². The van der Waals surface area contributed by atoms with Gasteiger partial charge in [0.2, 0.25) is 5.88 Å². The van der Waals surface area contributed by atoms with Gasteiger partial charge in [0.15, 0.2) is 4.96 Å². The molecule has 0 aliphatic heterocycles. The van der Waals surface area contributed by atoms with Gasteiger partial charge >= 0.3 is 0 Å². The van der Waals surface area contributed by atoms with Crippen LogP contribution in [0.15, 0.2) is 35.8 Å². The first-order valence-electron chi connectivity index (χ1n) is 5.76. The van der Waals surface area contributed by atoms with Crippen LogP contribution >= 0.6 is 22.9 Å². The molecule has 0 radical (unpaired) electrons. The summed E-state index contributed by atoms with van der Waals surface area (Å²) in [6.07, 6.45) is 1.99. The highest BCUT2D eigenvalue weighted by Gasteiger charge is 2.13. The molecule has 3 aromatic rings. The lowest BCUT2D eigenvalue weighted by Gasteiger charge is -2.07. The average molecular weight is 294 g/mol. The largest absolute Gasteiger partial charge is 0.480 e. The molecule has 0 atom stereocenters. The molecule has 1 N–H and O–H groups in total. The fraction of sp³-hybridized carbons (Fsp3) is 0.154. The number of benzene rings is 1. The summed E-state index contributed by atoms with van der Waals surface area (Å²) in [5.74, 6) is 0.654. The van der Waals surface area contributed by atoms with Crippen molar-refractivity contribution in [1.29, 1.82) is 0 Å². The molecule has 98 valence electrons. The topological polar surface area (TPSA) is 38.6 Å². The van der Waals surface area contributed by atoms with Crippen molar-refractivity contribution in [2.45, 2.75) is 6.54 Å². The van der Waals surface area contributed by atoms with Crippen LogP contribution < -0.4 is 10.1 Å². The van der Waals surface area contributed by atoms with Crippen molar-refractivity contribution in [3.05, 3.63) is 46.6 Å².